The number of rotatable bonds is 5. The van der Waals surface area contributed by atoms with Gasteiger partial charge in [0.15, 0.2) is 5.75 Å². The summed E-state index contributed by atoms with van der Waals surface area (Å²) in [6.45, 7) is 2.42. The van der Waals surface area contributed by atoms with Crippen molar-refractivity contribution in [2.45, 2.75) is 31.2 Å². The fraction of sp³-hybridized carbons (Fsp3) is 0.526. The molecule has 2 aromatic rings. The second kappa shape index (κ2) is 6.86. The van der Waals surface area contributed by atoms with Gasteiger partial charge in [0.05, 0.1) is 30.0 Å². The Morgan fingerprint density at radius 1 is 1.52 bits per heavy atom. The van der Waals surface area contributed by atoms with Crippen molar-refractivity contribution in [2.24, 2.45) is 11.1 Å². The first kappa shape index (κ1) is 19.4. The standard InChI is InChI=1S/C19H23FN6O3/c1-29-16-14(12(20)6-11-15(16)24-18(28)26(23)17(11)27)10(8-21)2-4-25-5-3-19(9-25)7-13(19)22/h6,10,13H,2-5,7,9,22-23H2,1H3,(H,24,28). The molecule has 1 spiro atoms. The van der Waals surface area contributed by atoms with Crippen LogP contribution in [0.2, 0.25) is 0 Å². The Hall–Kier alpha value is -2.90. The van der Waals surface area contributed by atoms with Gasteiger partial charge in [0.2, 0.25) is 0 Å². The Morgan fingerprint density at radius 2 is 2.24 bits per heavy atom. The number of nitrogen functional groups attached to an aromatic ring is 1. The molecule has 1 aromatic heterocycles. The van der Waals surface area contributed by atoms with Crippen LogP contribution in [0.25, 0.3) is 10.9 Å². The van der Waals surface area contributed by atoms with E-state index in [0.717, 1.165) is 32.0 Å². The summed E-state index contributed by atoms with van der Waals surface area (Å²) in [6.07, 6.45) is 2.47. The number of nitrogens with zero attached hydrogens (tertiary/aromatic N) is 3. The van der Waals surface area contributed by atoms with Crippen molar-refractivity contribution in [3.05, 3.63) is 38.3 Å². The van der Waals surface area contributed by atoms with Crippen molar-refractivity contribution in [3.8, 4) is 11.8 Å². The first-order chi connectivity index (χ1) is 13.8. The topological polar surface area (TPSA) is 143 Å². The van der Waals surface area contributed by atoms with Gasteiger partial charge in [0.1, 0.15) is 5.82 Å². The highest BCUT2D eigenvalue weighted by Gasteiger charge is 2.55. The number of methoxy groups -OCH3 is 1. The van der Waals surface area contributed by atoms with E-state index in [1.807, 2.05) is 0 Å². The normalized spacial score (nSPS) is 24.7. The van der Waals surface area contributed by atoms with Crippen LogP contribution in [0, 0.1) is 22.6 Å². The first-order valence-corrected chi connectivity index (χ1v) is 9.49. The molecule has 4 rings (SSSR count). The van der Waals surface area contributed by atoms with Gasteiger partial charge in [0.25, 0.3) is 5.56 Å². The molecule has 0 amide bonds. The minimum Gasteiger partial charge on any atom is -0.494 e. The lowest BCUT2D eigenvalue weighted by molar-refractivity contribution is 0.307. The van der Waals surface area contributed by atoms with E-state index in [-0.39, 0.29) is 33.7 Å². The molecule has 1 saturated carbocycles. The molecule has 0 radical (unpaired) electrons. The summed E-state index contributed by atoms with van der Waals surface area (Å²) in [4.78, 5) is 28.8. The summed E-state index contributed by atoms with van der Waals surface area (Å²) in [5.74, 6) is 3.83. The number of hydrogen-bond acceptors (Lipinski definition) is 7. The van der Waals surface area contributed by atoms with Gasteiger partial charge in [-0.05, 0) is 38.4 Å². The van der Waals surface area contributed by atoms with Crippen molar-refractivity contribution in [1.29, 1.82) is 5.26 Å². The minimum absolute atomic E-state index is 0.0246. The maximum absolute atomic E-state index is 15.0. The molecule has 10 heteroatoms. The van der Waals surface area contributed by atoms with Gasteiger partial charge in [0, 0.05) is 23.6 Å². The molecule has 5 N–H and O–H groups in total. The number of halogens is 1. The molecular formula is C19H23FN6O3. The average Bonchev–Trinajstić information content (AvgIpc) is 3.13. The molecule has 29 heavy (non-hydrogen) atoms. The van der Waals surface area contributed by atoms with Gasteiger partial charge < -0.3 is 26.2 Å². The van der Waals surface area contributed by atoms with Crippen LogP contribution in [-0.2, 0) is 0 Å². The largest absolute Gasteiger partial charge is 0.494 e. The summed E-state index contributed by atoms with van der Waals surface area (Å²) in [7, 11) is 1.30. The Bertz CT molecular complexity index is 1140. The first-order valence-electron chi connectivity index (χ1n) is 9.49. The summed E-state index contributed by atoms with van der Waals surface area (Å²) in [6, 6.07) is 3.38. The smallest absolute Gasteiger partial charge is 0.347 e. The molecule has 3 atom stereocenters. The fourth-order valence-corrected chi connectivity index (χ4v) is 4.47. The molecule has 1 saturated heterocycles. The molecule has 2 fully saturated rings. The number of hydrogen-bond donors (Lipinski definition) is 3. The maximum Gasteiger partial charge on any atom is 0.347 e. The minimum atomic E-state index is -0.852. The molecule has 1 aliphatic heterocycles. The number of benzene rings is 1. The number of H-pyrrole nitrogens is 1. The third-order valence-electron chi connectivity index (χ3n) is 6.33. The Morgan fingerprint density at radius 3 is 2.83 bits per heavy atom. The summed E-state index contributed by atoms with van der Waals surface area (Å²) >= 11 is 0. The van der Waals surface area contributed by atoms with E-state index in [2.05, 4.69) is 16.0 Å². The molecule has 2 heterocycles. The lowest BCUT2D eigenvalue weighted by Crippen LogP contribution is -2.40. The molecule has 154 valence electrons. The number of nitrogens with two attached hydrogens (primary N) is 2. The molecule has 2 aliphatic rings. The van der Waals surface area contributed by atoms with Crippen LogP contribution in [-0.4, -0.2) is 47.3 Å². The predicted octanol–water partition coefficient (Wildman–Crippen LogP) is -0.0283. The Labute approximate surface area is 165 Å². The number of nitriles is 1. The molecule has 3 unspecified atom stereocenters. The number of fused-ring (bicyclic) bond motifs is 1. The van der Waals surface area contributed by atoms with Gasteiger partial charge in [-0.3, -0.25) is 4.79 Å². The second-order valence-electron chi connectivity index (χ2n) is 8.00. The maximum atomic E-state index is 15.0. The number of aromatic amines is 1. The van der Waals surface area contributed by atoms with E-state index in [1.54, 1.807) is 0 Å². The zero-order chi connectivity index (χ0) is 20.9. The number of nitrogens with one attached hydrogen (secondary N) is 1. The number of aromatic nitrogens is 2. The Kier molecular flexibility index (Phi) is 4.59. The molecule has 1 aliphatic carbocycles. The van der Waals surface area contributed by atoms with Gasteiger partial charge >= 0.3 is 5.69 Å². The third kappa shape index (κ3) is 3.07. The van der Waals surface area contributed by atoms with E-state index in [9.17, 15) is 19.2 Å². The molecular weight excluding hydrogens is 379 g/mol. The van der Waals surface area contributed by atoms with Gasteiger partial charge in [-0.1, -0.05) is 0 Å². The van der Waals surface area contributed by atoms with Crippen molar-refractivity contribution < 1.29 is 9.13 Å². The quantitative estimate of drug-likeness (QED) is 0.596. The van der Waals surface area contributed by atoms with E-state index >= 15 is 0 Å². The number of ether oxygens (including phenoxy) is 1. The van der Waals surface area contributed by atoms with Crippen LogP contribution in [0.5, 0.6) is 5.75 Å². The van der Waals surface area contributed by atoms with Crippen LogP contribution >= 0.6 is 0 Å². The van der Waals surface area contributed by atoms with Crippen LogP contribution in [0.4, 0.5) is 4.39 Å². The van der Waals surface area contributed by atoms with E-state index < -0.39 is 23.0 Å². The van der Waals surface area contributed by atoms with Crippen molar-refractivity contribution in [3.63, 3.8) is 0 Å². The zero-order valence-corrected chi connectivity index (χ0v) is 16.1. The van der Waals surface area contributed by atoms with Crippen molar-refractivity contribution >= 4 is 10.9 Å². The van der Waals surface area contributed by atoms with E-state index in [1.165, 1.54) is 7.11 Å². The monoisotopic (exact) mass is 402 g/mol. The summed E-state index contributed by atoms with van der Waals surface area (Å²) in [5.41, 5.74) is 4.62. The molecule has 9 nitrogen and oxygen atoms in total. The van der Waals surface area contributed by atoms with Crippen LogP contribution < -0.4 is 27.6 Å². The molecule has 1 aromatic carbocycles. The van der Waals surface area contributed by atoms with E-state index in [4.69, 9.17) is 16.3 Å². The summed E-state index contributed by atoms with van der Waals surface area (Å²) < 4.78 is 20.6. The lowest BCUT2D eigenvalue weighted by atomic mass is 9.94. The van der Waals surface area contributed by atoms with Crippen LogP contribution in [0.15, 0.2) is 15.7 Å². The van der Waals surface area contributed by atoms with Crippen molar-refractivity contribution in [1.82, 2.24) is 14.6 Å². The highest BCUT2D eigenvalue weighted by atomic mass is 19.1. The molecule has 0 bridgehead atoms. The van der Waals surface area contributed by atoms with Crippen molar-refractivity contribution in [2.75, 3.05) is 32.6 Å². The van der Waals surface area contributed by atoms with Gasteiger partial charge in [-0.15, -0.1) is 0 Å². The number of likely N-dealkylation sites (tertiary alicyclic amines) is 1. The fourth-order valence-electron chi connectivity index (χ4n) is 4.47. The zero-order valence-electron chi connectivity index (χ0n) is 16.1. The van der Waals surface area contributed by atoms with Gasteiger partial charge in [-0.25, -0.2) is 9.18 Å². The highest BCUT2D eigenvalue weighted by molar-refractivity contribution is 5.85. The van der Waals surface area contributed by atoms with Crippen LogP contribution in [0.1, 0.15) is 30.7 Å². The Balaban J connectivity index is 1.67. The van der Waals surface area contributed by atoms with Gasteiger partial charge in [-0.2, -0.15) is 9.94 Å². The summed E-state index contributed by atoms with van der Waals surface area (Å²) in [5, 5.41) is 9.59. The predicted molar refractivity (Wildman–Crippen MR) is 105 cm³/mol. The lowest BCUT2D eigenvalue weighted by Gasteiger charge is -2.20. The highest BCUT2D eigenvalue weighted by Crippen LogP contribution is 2.51. The second-order valence-corrected chi connectivity index (χ2v) is 8.00. The third-order valence-corrected chi connectivity index (χ3v) is 6.33. The van der Waals surface area contributed by atoms with E-state index in [0.29, 0.717) is 17.6 Å². The van der Waals surface area contributed by atoms with Crippen LogP contribution in [0.3, 0.4) is 0 Å². The SMILES string of the molecule is COc1c(C(C#N)CCN2CCC3(CC3N)C2)c(F)cc2c(=O)n(N)c(=O)[nH]c12. The average molecular weight is 402 g/mol.